The lowest BCUT2D eigenvalue weighted by Gasteiger charge is -2.35. The lowest BCUT2D eigenvalue weighted by Crippen LogP contribution is -2.48. The zero-order valence-electron chi connectivity index (χ0n) is 13.4. The second-order valence-electron chi connectivity index (χ2n) is 6.73. The van der Waals surface area contributed by atoms with Gasteiger partial charge in [-0.25, -0.2) is 0 Å². The molecule has 0 aromatic carbocycles. The van der Waals surface area contributed by atoms with E-state index in [-0.39, 0.29) is 5.60 Å². The number of piperazine rings is 1. The molecule has 1 atom stereocenters. The van der Waals surface area contributed by atoms with Gasteiger partial charge in [-0.3, -0.25) is 9.80 Å². The fourth-order valence-electron chi connectivity index (χ4n) is 2.45. The molecule has 1 aromatic rings. The summed E-state index contributed by atoms with van der Waals surface area (Å²) in [4.78, 5) is 4.68. The van der Waals surface area contributed by atoms with E-state index in [4.69, 9.17) is 9.15 Å². The standard InChI is InChI=1S/C16H28N2O3/c1-16(2,3)21-13-14(19)11-17-6-8-18(9-7-17)12-15-5-4-10-20-15/h4-5,10,14,19H,6-9,11-13H2,1-3H3. The highest BCUT2D eigenvalue weighted by molar-refractivity contribution is 4.98. The largest absolute Gasteiger partial charge is 0.468 e. The van der Waals surface area contributed by atoms with Crippen molar-refractivity contribution in [2.45, 2.75) is 39.0 Å². The number of ether oxygens (including phenoxy) is 1. The first-order valence-corrected chi connectivity index (χ1v) is 7.71. The van der Waals surface area contributed by atoms with Crippen molar-refractivity contribution in [2.24, 2.45) is 0 Å². The molecule has 2 heterocycles. The van der Waals surface area contributed by atoms with E-state index >= 15 is 0 Å². The van der Waals surface area contributed by atoms with Crippen LogP contribution in [0.2, 0.25) is 0 Å². The fourth-order valence-corrected chi connectivity index (χ4v) is 2.45. The molecule has 1 unspecified atom stereocenters. The van der Waals surface area contributed by atoms with Gasteiger partial charge in [0.15, 0.2) is 0 Å². The summed E-state index contributed by atoms with van der Waals surface area (Å²) in [6.45, 7) is 12.0. The maximum atomic E-state index is 10.0. The first-order chi connectivity index (χ1) is 9.92. The molecule has 1 saturated heterocycles. The summed E-state index contributed by atoms with van der Waals surface area (Å²) < 4.78 is 11.0. The number of aliphatic hydroxyl groups excluding tert-OH is 1. The molecule has 2 rings (SSSR count). The normalized spacial score (nSPS) is 19.8. The molecule has 5 nitrogen and oxygen atoms in total. The number of nitrogens with zero attached hydrogens (tertiary/aromatic N) is 2. The number of aliphatic hydroxyl groups is 1. The maximum absolute atomic E-state index is 10.0. The SMILES string of the molecule is CC(C)(C)OCC(O)CN1CCN(Cc2ccco2)CC1. The van der Waals surface area contributed by atoms with Gasteiger partial charge < -0.3 is 14.3 Å². The molecule has 1 N–H and O–H groups in total. The van der Waals surface area contributed by atoms with E-state index in [0.29, 0.717) is 13.2 Å². The zero-order chi connectivity index (χ0) is 15.3. The number of hydrogen-bond donors (Lipinski definition) is 1. The molecule has 0 radical (unpaired) electrons. The van der Waals surface area contributed by atoms with Crippen LogP contribution in [0.25, 0.3) is 0 Å². The van der Waals surface area contributed by atoms with Gasteiger partial charge in [0.2, 0.25) is 0 Å². The van der Waals surface area contributed by atoms with Crippen molar-refractivity contribution in [1.82, 2.24) is 9.80 Å². The maximum Gasteiger partial charge on any atom is 0.117 e. The van der Waals surface area contributed by atoms with Crippen LogP contribution in [0.15, 0.2) is 22.8 Å². The molecule has 5 heteroatoms. The summed E-state index contributed by atoms with van der Waals surface area (Å²) in [5.41, 5.74) is -0.192. The highest BCUT2D eigenvalue weighted by Crippen LogP contribution is 2.11. The summed E-state index contributed by atoms with van der Waals surface area (Å²) >= 11 is 0. The van der Waals surface area contributed by atoms with Crippen molar-refractivity contribution < 1.29 is 14.3 Å². The number of rotatable bonds is 6. The Hall–Kier alpha value is -0.880. The Kier molecular flexibility index (Phi) is 5.81. The van der Waals surface area contributed by atoms with E-state index in [1.807, 2.05) is 32.9 Å². The van der Waals surface area contributed by atoms with Gasteiger partial charge in [-0.2, -0.15) is 0 Å². The van der Waals surface area contributed by atoms with Crippen LogP contribution >= 0.6 is 0 Å². The summed E-state index contributed by atoms with van der Waals surface area (Å²) in [6.07, 6.45) is 1.30. The Morgan fingerprint density at radius 1 is 1.24 bits per heavy atom. The van der Waals surface area contributed by atoms with Crippen molar-refractivity contribution in [3.8, 4) is 0 Å². The summed E-state index contributed by atoms with van der Waals surface area (Å²) in [5.74, 6) is 1.02. The Bertz CT molecular complexity index is 392. The number of β-amino-alcohol motifs (C(OH)–C–C–N with tert-alkyl or cyclic N) is 1. The highest BCUT2D eigenvalue weighted by Gasteiger charge is 2.21. The quantitative estimate of drug-likeness (QED) is 0.863. The van der Waals surface area contributed by atoms with Crippen LogP contribution in [0, 0.1) is 0 Å². The minimum absolute atomic E-state index is 0.192. The zero-order valence-corrected chi connectivity index (χ0v) is 13.4. The number of furan rings is 1. The molecule has 21 heavy (non-hydrogen) atoms. The smallest absolute Gasteiger partial charge is 0.117 e. The molecule has 1 aliphatic heterocycles. The van der Waals surface area contributed by atoms with Crippen molar-refractivity contribution in [3.63, 3.8) is 0 Å². The average Bonchev–Trinajstić information content (AvgIpc) is 2.91. The van der Waals surface area contributed by atoms with Crippen molar-refractivity contribution >= 4 is 0 Å². The van der Waals surface area contributed by atoms with E-state index in [0.717, 1.165) is 38.5 Å². The third-order valence-electron chi connectivity index (χ3n) is 3.60. The minimum atomic E-state index is -0.416. The Morgan fingerprint density at radius 2 is 1.90 bits per heavy atom. The van der Waals surface area contributed by atoms with Gasteiger partial charge in [0.25, 0.3) is 0 Å². The van der Waals surface area contributed by atoms with Gasteiger partial charge in [-0.05, 0) is 32.9 Å². The van der Waals surface area contributed by atoms with E-state index in [2.05, 4.69) is 9.80 Å². The molecule has 120 valence electrons. The second-order valence-corrected chi connectivity index (χ2v) is 6.73. The minimum Gasteiger partial charge on any atom is -0.468 e. The molecular weight excluding hydrogens is 268 g/mol. The Balaban J connectivity index is 1.64. The summed E-state index contributed by atoms with van der Waals surface area (Å²) in [7, 11) is 0. The van der Waals surface area contributed by atoms with E-state index in [1.165, 1.54) is 0 Å². The number of hydrogen-bond acceptors (Lipinski definition) is 5. The lowest BCUT2D eigenvalue weighted by molar-refractivity contribution is -0.0587. The molecule has 1 aromatic heterocycles. The summed E-state index contributed by atoms with van der Waals surface area (Å²) in [6, 6.07) is 3.94. The molecule has 0 amide bonds. The van der Waals surface area contributed by atoms with Gasteiger partial charge >= 0.3 is 0 Å². The molecule has 0 saturated carbocycles. The second kappa shape index (κ2) is 7.40. The Labute approximate surface area is 127 Å². The monoisotopic (exact) mass is 296 g/mol. The molecule has 1 aliphatic rings. The third kappa shape index (κ3) is 6.18. The predicted octanol–water partition coefficient (Wildman–Crippen LogP) is 1.57. The third-order valence-corrected chi connectivity index (χ3v) is 3.60. The first-order valence-electron chi connectivity index (χ1n) is 7.71. The van der Waals surface area contributed by atoms with Crippen LogP contribution in [0.3, 0.4) is 0 Å². The first kappa shape index (κ1) is 16.5. The highest BCUT2D eigenvalue weighted by atomic mass is 16.5. The molecule has 0 aliphatic carbocycles. The van der Waals surface area contributed by atoms with Crippen LogP contribution in [0.4, 0.5) is 0 Å². The van der Waals surface area contributed by atoms with Gasteiger partial charge in [0, 0.05) is 32.7 Å². The van der Waals surface area contributed by atoms with Crippen LogP contribution in [0.5, 0.6) is 0 Å². The van der Waals surface area contributed by atoms with E-state index < -0.39 is 6.10 Å². The predicted molar refractivity (Wildman–Crippen MR) is 82.1 cm³/mol. The van der Waals surface area contributed by atoms with Gasteiger partial charge in [0.05, 0.1) is 31.1 Å². The van der Waals surface area contributed by atoms with E-state index in [9.17, 15) is 5.11 Å². The van der Waals surface area contributed by atoms with Crippen molar-refractivity contribution in [1.29, 1.82) is 0 Å². The van der Waals surface area contributed by atoms with Crippen LogP contribution in [-0.2, 0) is 11.3 Å². The lowest BCUT2D eigenvalue weighted by atomic mass is 10.2. The topological polar surface area (TPSA) is 49.1 Å². The van der Waals surface area contributed by atoms with Gasteiger partial charge in [-0.15, -0.1) is 0 Å². The van der Waals surface area contributed by atoms with E-state index in [1.54, 1.807) is 6.26 Å². The van der Waals surface area contributed by atoms with Gasteiger partial charge in [-0.1, -0.05) is 0 Å². The molecule has 0 bridgehead atoms. The van der Waals surface area contributed by atoms with Gasteiger partial charge in [0.1, 0.15) is 5.76 Å². The van der Waals surface area contributed by atoms with Crippen molar-refractivity contribution in [2.75, 3.05) is 39.3 Å². The summed E-state index contributed by atoms with van der Waals surface area (Å²) in [5, 5.41) is 10.0. The van der Waals surface area contributed by atoms with Crippen LogP contribution < -0.4 is 0 Å². The molecule has 0 spiro atoms. The van der Waals surface area contributed by atoms with Crippen molar-refractivity contribution in [3.05, 3.63) is 24.2 Å². The van der Waals surface area contributed by atoms with Crippen LogP contribution in [0.1, 0.15) is 26.5 Å². The Morgan fingerprint density at radius 3 is 2.48 bits per heavy atom. The molecular formula is C16H28N2O3. The van der Waals surface area contributed by atoms with Crippen LogP contribution in [-0.4, -0.2) is 65.9 Å². The molecule has 1 fully saturated rings. The average molecular weight is 296 g/mol. The fraction of sp³-hybridized carbons (Fsp3) is 0.750.